The number of anilines is 1. The molecule has 0 radical (unpaired) electrons. The summed E-state index contributed by atoms with van der Waals surface area (Å²) in [4.78, 5) is 24.4. The second kappa shape index (κ2) is 7.13. The van der Waals surface area contributed by atoms with E-state index in [1.54, 1.807) is 24.1 Å². The van der Waals surface area contributed by atoms with Gasteiger partial charge in [-0.15, -0.1) is 0 Å². The zero-order valence-corrected chi connectivity index (χ0v) is 12.5. The Morgan fingerprint density at radius 1 is 1.42 bits per heavy atom. The monoisotopic (exact) mass is 328 g/mol. The summed E-state index contributed by atoms with van der Waals surface area (Å²) in [7, 11) is 1.69. The van der Waals surface area contributed by atoms with E-state index in [-0.39, 0.29) is 18.0 Å². The van der Waals surface area contributed by atoms with Gasteiger partial charge in [0.15, 0.2) is 0 Å². The number of hydrogen-bond acceptors (Lipinski definition) is 3. The van der Waals surface area contributed by atoms with Crippen molar-refractivity contribution in [3.8, 4) is 0 Å². The lowest BCUT2D eigenvalue weighted by Crippen LogP contribution is -2.36. The standard InChI is InChI=1S/C13H17BrN2O3/c1-3-6-15-12(17)8-16(2)11-7-9(14)4-5-10(11)13(18)19/h4-5,7H,3,6,8H2,1-2H3,(H,15,17)(H,18,19). The van der Waals surface area contributed by atoms with Gasteiger partial charge in [0.05, 0.1) is 17.8 Å². The van der Waals surface area contributed by atoms with Gasteiger partial charge in [-0.05, 0) is 24.6 Å². The maximum absolute atomic E-state index is 11.6. The molecule has 0 atom stereocenters. The lowest BCUT2D eigenvalue weighted by atomic mass is 10.1. The Morgan fingerprint density at radius 3 is 2.68 bits per heavy atom. The topological polar surface area (TPSA) is 69.6 Å². The molecule has 0 aliphatic carbocycles. The van der Waals surface area contributed by atoms with Crippen LogP contribution in [0.1, 0.15) is 23.7 Å². The van der Waals surface area contributed by atoms with Gasteiger partial charge in [-0.25, -0.2) is 4.79 Å². The Morgan fingerprint density at radius 2 is 2.11 bits per heavy atom. The van der Waals surface area contributed by atoms with Crippen LogP contribution in [-0.2, 0) is 4.79 Å². The van der Waals surface area contributed by atoms with Gasteiger partial charge in [-0.1, -0.05) is 22.9 Å². The highest BCUT2D eigenvalue weighted by molar-refractivity contribution is 9.10. The number of carbonyl (C=O) groups is 2. The van der Waals surface area contributed by atoms with Crippen LogP contribution in [0.4, 0.5) is 5.69 Å². The maximum Gasteiger partial charge on any atom is 0.337 e. The number of benzene rings is 1. The number of carboxylic acids is 1. The number of likely N-dealkylation sites (N-methyl/N-ethyl adjacent to an activating group) is 1. The molecule has 0 unspecified atom stereocenters. The van der Waals surface area contributed by atoms with Crippen molar-refractivity contribution in [1.82, 2.24) is 5.32 Å². The number of aromatic carboxylic acids is 1. The van der Waals surface area contributed by atoms with Crippen molar-refractivity contribution < 1.29 is 14.7 Å². The normalized spacial score (nSPS) is 10.1. The van der Waals surface area contributed by atoms with Gasteiger partial charge in [0, 0.05) is 18.1 Å². The quantitative estimate of drug-likeness (QED) is 0.839. The van der Waals surface area contributed by atoms with E-state index in [4.69, 9.17) is 5.11 Å². The summed E-state index contributed by atoms with van der Waals surface area (Å²) in [5.74, 6) is -1.14. The van der Waals surface area contributed by atoms with Gasteiger partial charge in [-0.2, -0.15) is 0 Å². The maximum atomic E-state index is 11.6. The van der Waals surface area contributed by atoms with Crippen LogP contribution in [0.3, 0.4) is 0 Å². The van der Waals surface area contributed by atoms with Gasteiger partial charge >= 0.3 is 5.97 Å². The molecule has 1 aromatic rings. The molecule has 2 N–H and O–H groups in total. The van der Waals surface area contributed by atoms with Crippen LogP contribution in [0.25, 0.3) is 0 Å². The summed E-state index contributed by atoms with van der Waals surface area (Å²) in [5.41, 5.74) is 0.683. The minimum atomic E-state index is -1.01. The Kier molecular flexibility index (Phi) is 5.82. The van der Waals surface area contributed by atoms with Crippen molar-refractivity contribution in [1.29, 1.82) is 0 Å². The fourth-order valence-corrected chi connectivity index (χ4v) is 1.97. The first kappa shape index (κ1) is 15.5. The van der Waals surface area contributed by atoms with E-state index >= 15 is 0 Å². The number of amides is 1. The summed E-state index contributed by atoms with van der Waals surface area (Å²) in [5, 5.41) is 11.9. The van der Waals surface area contributed by atoms with Gasteiger partial charge in [0.2, 0.25) is 5.91 Å². The highest BCUT2D eigenvalue weighted by Gasteiger charge is 2.15. The molecule has 1 aromatic carbocycles. The summed E-state index contributed by atoms with van der Waals surface area (Å²) in [6.45, 7) is 2.72. The van der Waals surface area contributed by atoms with E-state index in [0.717, 1.165) is 10.9 Å². The molecule has 0 bridgehead atoms. The molecule has 6 heteroatoms. The van der Waals surface area contributed by atoms with Crippen LogP contribution in [0.15, 0.2) is 22.7 Å². The van der Waals surface area contributed by atoms with E-state index in [1.807, 2.05) is 6.92 Å². The second-order valence-corrected chi connectivity index (χ2v) is 5.09. The van der Waals surface area contributed by atoms with Crippen LogP contribution in [0, 0.1) is 0 Å². The largest absolute Gasteiger partial charge is 0.478 e. The molecule has 1 amide bonds. The molecule has 0 saturated carbocycles. The summed E-state index contributed by atoms with van der Waals surface area (Å²) < 4.78 is 0.772. The Labute approximate surface area is 120 Å². The number of carboxylic acid groups (broad SMARTS) is 1. The average Bonchev–Trinajstić information content (AvgIpc) is 2.35. The fraction of sp³-hybridized carbons (Fsp3) is 0.385. The lowest BCUT2D eigenvalue weighted by Gasteiger charge is -2.21. The highest BCUT2D eigenvalue weighted by atomic mass is 79.9. The van der Waals surface area contributed by atoms with E-state index in [1.165, 1.54) is 6.07 Å². The van der Waals surface area contributed by atoms with Crippen molar-refractivity contribution in [3.63, 3.8) is 0 Å². The smallest absolute Gasteiger partial charge is 0.337 e. The molecule has 0 aliphatic heterocycles. The van der Waals surface area contributed by atoms with E-state index in [0.29, 0.717) is 12.2 Å². The highest BCUT2D eigenvalue weighted by Crippen LogP contribution is 2.24. The van der Waals surface area contributed by atoms with E-state index < -0.39 is 5.97 Å². The first-order valence-electron chi connectivity index (χ1n) is 5.96. The van der Waals surface area contributed by atoms with Crippen LogP contribution in [-0.4, -0.2) is 37.1 Å². The van der Waals surface area contributed by atoms with Crippen molar-refractivity contribution in [2.24, 2.45) is 0 Å². The van der Waals surface area contributed by atoms with Gasteiger partial charge in [-0.3, -0.25) is 4.79 Å². The van der Waals surface area contributed by atoms with Crippen molar-refractivity contribution in [3.05, 3.63) is 28.2 Å². The van der Waals surface area contributed by atoms with Crippen molar-refractivity contribution >= 4 is 33.5 Å². The molecular weight excluding hydrogens is 312 g/mol. The Hall–Kier alpha value is -1.56. The van der Waals surface area contributed by atoms with Crippen molar-refractivity contribution in [2.75, 3.05) is 25.0 Å². The first-order valence-corrected chi connectivity index (χ1v) is 6.75. The third-order valence-electron chi connectivity index (χ3n) is 2.55. The van der Waals surface area contributed by atoms with E-state index in [9.17, 15) is 9.59 Å². The molecule has 1 rings (SSSR count). The first-order chi connectivity index (χ1) is 8.95. The zero-order valence-electron chi connectivity index (χ0n) is 10.9. The van der Waals surface area contributed by atoms with Crippen molar-refractivity contribution in [2.45, 2.75) is 13.3 Å². The number of nitrogens with zero attached hydrogens (tertiary/aromatic N) is 1. The predicted octanol–water partition coefficient (Wildman–Crippen LogP) is 2.11. The number of hydrogen-bond donors (Lipinski definition) is 2. The third kappa shape index (κ3) is 4.55. The molecule has 0 aromatic heterocycles. The van der Waals surface area contributed by atoms with Gasteiger partial charge in [0.1, 0.15) is 0 Å². The molecular formula is C13H17BrN2O3. The molecule has 19 heavy (non-hydrogen) atoms. The lowest BCUT2D eigenvalue weighted by molar-refractivity contribution is -0.119. The van der Waals surface area contributed by atoms with Crippen LogP contribution in [0.2, 0.25) is 0 Å². The average molecular weight is 329 g/mol. The minimum absolute atomic E-state index is 0.122. The number of rotatable bonds is 6. The summed E-state index contributed by atoms with van der Waals surface area (Å²) >= 11 is 3.30. The molecule has 104 valence electrons. The summed E-state index contributed by atoms with van der Waals surface area (Å²) in [6, 6.07) is 4.87. The van der Waals surface area contributed by atoms with Crippen LogP contribution >= 0.6 is 15.9 Å². The number of carbonyl (C=O) groups excluding carboxylic acids is 1. The summed E-state index contributed by atoms with van der Waals surface area (Å²) in [6.07, 6.45) is 0.868. The second-order valence-electron chi connectivity index (χ2n) is 4.17. The van der Waals surface area contributed by atoms with Crippen LogP contribution < -0.4 is 10.2 Å². The zero-order chi connectivity index (χ0) is 14.4. The minimum Gasteiger partial charge on any atom is -0.478 e. The number of nitrogens with one attached hydrogen (secondary N) is 1. The van der Waals surface area contributed by atoms with Crippen LogP contribution in [0.5, 0.6) is 0 Å². The molecule has 0 fully saturated rings. The molecule has 0 saturated heterocycles. The molecule has 0 heterocycles. The fourth-order valence-electron chi connectivity index (χ4n) is 1.62. The SMILES string of the molecule is CCCNC(=O)CN(C)c1cc(Br)ccc1C(=O)O. The van der Waals surface area contributed by atoms with Gasteiger partial charge < -0.3 is 15.3 Å². The molecule has 0 aliphatic rings. The van der Waals surface area contributed by atoms with E-state index in [2.05, 4.69) is 21.2 Å². The van der Waals surface area contributed by atoms with Gasteiger partial charge in [0.25, 0.3) is 0 Å². The molecule has 0 spiro atoms. The third-order valence-corrected chi connectivity index (χ3v) is 3.05. The number of halogens is 1. The Balaban J connectivity index is 2.86. The molecule has 5 nitrogen and oxygen atoms in total. The Bertz CT molecular complexity index is 477. The predicted molar refractivity (Wildman–Crippen MR) is 77.7 cm³/mol.